The number of nitrogens with zero attached hydrogens (tertiary/aromatic N) is 2. The summed E-state index contributed by atoms with van der Waals surface area (Å²) >= 11 is 1.13. The minimum atomic E-state index is -3.38. The van der Waals surface area contributed by atoms with Gasteiger partial charge in [0.15, 0.2) is 9.92 Å². The lowest BCUT2D eigenvalue weighted by Gasteiger charge is -2.15. The van der Waals surface area contributed by atoms with Crippen molar-refractivity contribution in [2.45, 2.75) is 62.2 Å². The van der Waals surface area contributed by atoms with Gasteiger partial charge in [-0.1, -0.05) is 6.92 Å². The number of aromatic nitrogens is 1. The number of nitrogens with one attached hydrogen (secondary N) is 1. The van der Waals surface area contributed by atoms with E-state index in [9.17, 15) is 14.1 Å². The molecule has 0 spiro atoms. The summed E-state index contributed by atoms with van der Waals surface area (Å²) < 4.78 is 16.9. The maximum atomic E-state index is 12.8. The van der Waals surface area contributed by atoms with Gasteiger partial charge < -0.3 is 10.4 Å². The molecule has 0 aliphatic heterocycles. The first-order chi connectivity index (χ1) is 13.3. The molecule has 0 fully saturated rings. The molecule has 9 heteroatoms. The molecular weight excluding hydrogens is 396 g/mol. The minimum absolute atomic E-state index is 0.275. The SMILES string of the molecule is C[C@@H]1CCc2c1nc1c(c2NC(=O)N=[S@](N)(=O)c2cc([C@@H](C)O)cs2)CCC1. The molecule has 4 rings (SSSR count). The standard InChI is InChI=1S/C19H24N4O3S2/c1-10-6-7-14-17(10)21-15-5-3-4-13(15)18(14)22-19(25)23-28(20,26)16-8-12(9-27-16)11(2)24/h8-11,24H,3-7H2,1-2H3,(H3,20,21,22,23,25,26)/t10-,11-,28+/m1/s1. The maximum Gasteiger partial charge on any atom is 0.354 e. The van der Waals surface area contributed by atoms with Crippen LogP contribution < -0.4 is 10.5 Å². The van der Waals surface area contributed by atoms with Gasteiger partial charge in [-0.05, 0) is 73.1 Å². The zero-order chi connectivity index (χ0) is 20.1. The molecule has 2 amide bonds. The van der Waals surface area contributed by atoms with Crippen LogP contribution in [0.3, 0.4) is 0 Å². The Balaban J connectivity index is 1.67. The second-order valence-electron chi connectivity index (χ2n) is 7.53. The molecule has 4 N–H and O–H groups in total. The summed E-state index contributed by atoms with van der Waals surface area (Å²) in [6, 6.07) is 0.833. The van der Waals surface area contributed by atoms with Crippen LogP contribution in [0.1, 0.15) is 66.8 Å². The van der Waals surface area contributed by atoms with Crippen molar-refractivity contribution in [2.24, 2.45) is 9.50 Å². The lowest BCUT2D eigenvalue weighted by molar-refractivity contribution is 0.199. The number of carbonyl (C=O) groups is 1. The summed E-state index contributed by atoms with van der Waals surface area (Å²) in [7, 11) is -3.38. The highest BCUT2D eigenvalue weighted by Gasteiger charge is 2.30. The second-order valence-corrected chi connectivity index (χ2v) is 10.5. The van der Waals surface area contributed by atoms with Crippen LogP contribution in [-0.2, 0) is 29.2 Å². The van der Waals surface area contributed by atoms with Crippen molar-refractivity contribution >= 4 is 33.0 Å². The van der Waals surface area contributed by atoms with Crippen molar-refractivity contribution in [1.82, 2.24) is 4.98 Å². The zero-order valence-corrected chi connectivity index (χ0v) is 17.5. The van der Waals surface area contributed by atoms with Gasteiger partial charge in [0.2, 0.25) is 0 Å². The third-order valence-electron chi connectivity index (χ3n) is 5.47. The lowest BCUT2D eigenvalue weighted by atomic mass is 10.0. The van der Waals surface area contributed by atoms with Gasteiger partial charge in [-0.2, -0.15) is 0 Å². The van der Waals surface area contributed by atoms with Crippen LogP contribution in [0.4, 0.5) is 10.5 Å². The van der Waals surface area contributed by atoms with E-state index >= 15 is 0 Å². The summed E-state index contributed by atoms with van der Waals surface area (Å²) in [5, 5.41) is 20.0. The molecule has 0 unspecified atom stereocenters. The molecule has 2 aliphatic rings. The van der Waals surface area contributed by atoms with E-state index in [-0.39, 0.29) is 4.21 Å². The molecule has 3 atom stereocenters. The first-order valence-electron chi connectivity index (χ1n) is 9.43. The summed E-state index contributed by atoms with van der Waals surface area (Å²) in [6.45, 7) is 3.76. The normalized spacial score (nSPS) is 20.9. The molecule has 2 aliphatic carbocycles. The second kappa shape index (κ2) is 7.22. The Morgan fingerprint density at radius 2 is 2.21 bits per heavy atom. The number of fused-ring (bicyclic) bond motifs is 2. The summed E-state index contributed by atoms with van der Waals surface area (Å²) in [6.07, 6.45) is 3.99. The fourth-order valence-corrected chi connectivity index (χ4v) is 6.17. The highest BCUT2D eigenvalue weighted by Crippen LogP contribution is 2.41. The number of rotatable bonds is 3. The highest BCUT2D eigenvalue weighted by molar-refractivity contribution is 7.93. The van der Waals surface area contributed by atoms with Gasteiger partial charge in [-0.15, -0.1) is 15.7 Å². The molecular formula is C19H24N4O3S2. The number of pyridine rings is 1. The largest absolute Gasteiger partial charge is 0.389 e. The first kappa shape index (κ1) is 19.5. The van der Waals surface area contributed by atoms with Crippen molar-refractivity contribution in [2.75, 3.05) is 5.32 Å². The van der Waals surface area contributed by atoms with Crippen molar-refractivity contribution in [3.05, 3.63) is 39.5 Å². The average molecular weight is 421 g/mol. The molecule has 0 aromatic carbocycles. The molecule has 2 heterocycles. The number of hydrogen-bond donors (Lipinski definition) is 3. The van der Waals surface area contributed by atoms with Crippen molar-refractivity contribution < 1.29 is 14.1 Å². The van der Waals surface area contributed by atoms with Crippen LogP contribution in [0, 0.1) is 0 Å². The van der Waals surface area contributed by atoms with Crippen molar-refractivity contribution in [3.63, 3.8) is 0 Å². The van der Waals surface area contributed by atoms with E-state index in [1.54, 1.807) is 12.3 Å². The summed E-state index contributed by atoms with van der Waals surface area (Å²) in [5.41, 5.74) is 5.66. The monoisotopic (exact) mass is 420 g/mol. The topological polar surface area (TPSA) is 118 Å². The van der Waals surface area contributed by atoms with Crippen LogP contribution in [-0.4, -0.2) is 20.3 Å². The zero-order valence-electron chi connectivity index (χ0n) is 15.9. The molecule has 28 heavy (non-hydrogen) atoms. The number of aliphatic hydroxyl groups is 1. The van der Waals surface area contributed by atoms with E-state index in [1.165, 1.54) is 6.07 Å². The number of urea groups is 1. The molecule has 2 aromatic heterocycles. The summed E-state index contributed by atoms with van der Waals surface area (Å²) in [5.74, 6) is 0.372. The summed E-state index contributed by atoms with van der Waals surface area (Å²) in [4.78, 5) is 17.5. The predicted octanol–water partition coefficient (Wildman–Crippen LogP) is 3.67. The third-order valence-corrected chi connectivity index (χ3v) is 8.34. The number of aliphatic hydroxyl groups excluding tert-OH is 1. The van der Waals surface area contributed by atoms with Gasteiger partial charge in [-0.3, -0.25) is 4.98 Å². The Kier molecular flexibility index (Phi) is 5.03. The Labute approximate surface area is 168 Å². The highest BCUT2D eigenvalue weighted by atomic mass is 32.2. The fourth-order valence-electron chi connectivity index (χ4n) is 3.95. The van der Waals surface area contributed by atoms with Crippen molar-refractivity contribution in [1.29, 1.82) is 0 Å². The molecule has 150 valence electrons. The van der Waals surface area contributed by atoms with Gasteiger partial charge in [0.05, 0.1) is 11.8 Å². The average Bonchev–Trinajstić information content (AvgIpc) is 3.34. The minimum Gasteiger partial charge on any atom is -0.389 e. The van der Waals surface area contributed by atoms with E-state index in [4.69, 9.17) is 10.1 Å². The van der Waals surface area contributed by atoms with Crippen LogP contribution in [0.2, 0.25) is 0 Å². The number of carbonyl (C=O) groups excluding carboxylic acids is 1. The Morgan fingerprint density at radius 3 is 2.93 bits per heavy atom. The molecule has 7 nitrogen and oxygen atoms in total. The smallest absolute Gasteiger partial charge is 0.354 e. The van der Waals surface area contributed by atoms with E-state index < -0.39 is 22.1 Å². The predicted molar refractivity (Wildman–Crippen MR) is 110 cm³/mol. The van der Waals surface area contributed by atoms with Crippen molar-refractivity contribution in [3.8, 4) is 0 Å². The van der Waals surface area contributed by atoms with E-state index in [2.05, 4.69) is 16.6 Å². The molecule has 2 aromatic rings. The van der Waals surface area contributed by atoms with Crippen LogP contribution in [0.5, 0.6) is 0 Å². The molecule has 0 saturated heterocycles. The van der Waals surface area contributed by atoms with Gasteiger partial charge in [-0.25, -0.2) is 14.1 Å². The number of nitrogens with two attached hydrogens (primary N) is 1. The van der Waals surface area contributed by atoms with Crippen LogP contribution in [0.15, 0.2) is 20.0 Å². The Bertz CT molecular complexity index is 1070. The maximum absolute atomic E-state index is 12.8. The van der Waals surface area contributed by atoms with E-state index in [0.717, 1.165) is 71.6 Å². The Morgan fingerprint density at radius 1 is 1.43 bits per heavy atom. The quantitative estimate of drug-likeness (QED) is 0.702. The van der Waals surface area contributed by atoms with Gasteiger partial charge in [0.1, 0.15) is 4.21 Å². The van der Waals surface area contributed by atoms with Gasteiger partial charge >= 0.3 is 6.03 Å². The lowest BCUT2D eigenvalue weighted by Crippen LogP contribution is -2.18. The molecule has 0 bridgehead atoms. The number of amides is 2. The first-order valence-corrected chi connectivity index (χ1v) is 11.9. The van der Waals surface area contributed by atoms with Crippen LogP contribution >= 0.6 is 11.3 Å². The number of aryl methyl sites for hydroxylation is 1. The third kappa shape index (κ3) is 3.47. The Hall–Kier alpha value is -1.81. The van der Waals surface area contributed by atoms with Gasteiger partial charge in [0, 0.05) is 11.4 Å². The number of anilines is 1. The van der Waals surface area contributed by atoms with E-state index in [1.807, 2.05) is 0 Å². The molecule has 0 saturated carbocycles. The molecule has 0 radical (unpaired) electrons. The van der Waals surface area contributed by atoms with Gasteiger partial charge in [0.25, 0.3) is 0 Å². The number of hydrogen-bond acceptors (Lipinski definition) is 5. The fraction of sp³-hybridized carbons (Fsp3) is 0.474. The van der Waals surface area contributed by atoms with E-state index in [0.29, 0.717) is 11.5 Å². The van der Waals surface area contributed by atoms with Crippen LogP contribution in [0.25, 0.3) is 0 Å². The number of thiophene rings is 1.